The fourth-order valence-electron chi connectivity index (χ4n) is 1.90. The van der Waals surface area contributed by atoms with Gasteiger partial charge in [-0.05, 0) is 6.07 Å². The van der Waals surface area contributed by atoms with E-state index in [0.29, 0.717) is 24.4 Å². The Morgan fingerprint density at radius 2 is 2.29 bits per heavy atom. The number of carbonyl (C=O) groups is 1. The standard InChI is InChI=1S/C12H14FNO2S/c13-10-4-2-1-3-9(10)7-14-5-6-17-8-11(14)12(15)16/h1-4,11H,5-8H2,(H,15,16). The second kappa shape index (κ2) is 5.51. The zero-order chi connectivity index (χ0) is 12.3. The monoisotopic (exact) mass is 255 g/mol. The Balaban J connectivity index is 2.11. The maximum Gasteiger partial charge on any atom is 0.321 e. The number of carboxylic acids is 1. The summed E-state index contributed by atoms with van der Waals surface area (Å²) in [5.74, 6) is 0.380. The maximum atomic E-state index is 13.5. The average molecular weight is 255 g/mol. The molecule has 1 unspecified atom stereocenters. The number of thioether (sulfide) groups is 1. The van der Waals surface area contributed by atoms with Crippen molar-refractivity contribution in [3.8, 4) is 0 Å². The fourth-order valence-corrected chi connectivity index (χ4v) is 3.01. The summed E-state index contributed by atoms with van der Waals surface area (Å²) in [6.45, 7) is 1.06. The van der Waals surface area contributed by atoms with Gasteiger partial charge in [-0.3, -0.25) is 9.69 Å². The van der Waals surface area contributed by atoms with Gasteiger partial charge in [0.15, 0.2) is 0 Å². The quantitative estimate of drug-likeness (QED) is 0.894. The molecule has 1 aliphatic rings. The highest BCUT2D eigenvalue weighted by Gasteiger charge is 2.29. The molecular formula is C12H14FNO2S. The zero-order valence-electron chi connectivity index (χ0n) is 9.30. The van der Waals surface area contributed by atoms with Crippen molar-refractivity contribution >= 4 is 17.7 Å². The molecule has 2 rings (SSSR count). The maximum absolute atomic E-state index is 13.5. The van der Waals surface area contributed by atoms with Crippen LogP contribution in [0.25, 0.3) is 0 Å². The van der Waals surface area contributed by atoms with E-state index in [-0.39, 0.29) is 5.82 Å². The van der Waals surface area contributed by atoms with E-state index in [1.165, 1.54) is 6.07 Å². The topological polar surface area (TPSA) is 40.5 Å². The van der Waals surface area contributed by atoms with Crippen LogP contribution in [0.3, 0.4) is 0 Å². The Kier molecular flexibility index (Phi) is 4.02. The summed E-state index contributed by atoms with van der Waals surface area (Å²) in [6, 6.07) is 6.01. The van der Waals surface area contributed by atoms with E-state index in [1.54, 1.807) is 30.0 Å². The number of benzene rings is 1. The van der Waals surface area contributed by atoms with Crippen LogP contribution in [-0.4, -0.2) is 40.1 Å². The van der Waals surface area contributed by atoms with E-state index in [0.717, 1.165) is 5.75 Å². The molecule has 1 fully saturated rings. The van der Waals surface area contributed by atoms with Crippen molar-refractivity contribution in [2.75, 3.05) is 18.1 Å². The minimum absolute atomic E-state index is 0.269. The van der Waals surface area contributed by atoms with Gasteiger partial charge in [0.2, 0.25) is 0 Å². The molecule has 1 N–H and O–H groups in total. The lowest BCUT2D eigenvalue weighted by molar-refractivity contribution is -0.142. The molecule has 1 heterocycles. The highest BCUT2D eigenvalue weighted by molar-refractivity contribution is 7.99. The van der Waals surface area contributed by atoms with Gasteiger partial charge in [0, 0.05) is 30.2 Å². The van der Waals surface area contributed by atoms with Gasteiger partial charge in [-0.2, -0.15) is 11.8 Å². The number of hydrogen-bond acceptors (Lipinski definition) is 3. The Morgan fingerprint density at radius 1 is 1.53 bits per heavy atom. The van der Waals surface area contributed by atoms with Crippen LogP contribution in [0.15, 0.2) is 24.3 Å². The van der Waals surface area contributed by atoms with E-state index in [1.807, 2.05) is 4.90 Å². The first kappa shape index (κ1) is 12.4. The molecule has 1 aromatic rings. The predicted molar refractivity (Wildman–Crippen MR) is 65.6 cm³/mol. The largest absolute Gasteiger partial charge is 0.480 e. The molecule has 0 radical (unpaired) electrons. The Bertz CT molecular complexity index is 413. The van der Waals surface area contributed by atoms with Crippen LogP contribution in [0.5, 0.6) is 0 Å². The third kappa shape index (κ3) is 2.98. The normalized spacial score (nSPS) is 21.4. The van der Waals surface area contributed by atoms with Crippen LogP contribution >= 0.6 is 11.8 Å². The lowest BCUT2D eigenvalue weighted by Gasteiger charge is -2.32. The van der Waals surface area contributed by atoms with Crippen molar-refractivity contribution in [1.82, 2.24) is 4.90 Å². The van der Waals surface area contributed by atoms with Gasteiger partial charge in [0.1, 0.15) is 11.9 Å². The predicted octanol–water partition coefficient (Wildman–Crippen LogP) is 1.83. The third-order valence-electron chi connectivity index (χ3n) is 2.86. The molecule has 17 heavy (non-hydrogen) atoms. The van der Waals surface area contributed by atoms with E-state index >= 15 is 0 Å². The zero-order valence-corrected chi connectivity index (χ0v) is 10.1. The molecule has 3 nitrogen and oxygen atoms in total. The molecule has 0 saturated carbocycles. The Hall–Kier alpha value is -1.07. The summed E-state index contributed by atoms with van der Waals surface area (Å²) in [5, 5.41) is 9.11. The van der Waals surface area contributed by atoms with Crippen LogP contribution in [-0.2, 0) is 11.3 Å². The first-order valence-corrected chi connectivity index (χ1v) is 6.62. The van der Waals surface area contributed by atoms with Gasteiger partial charge in [-0.1, -0.05) is 18.2 Å². The third-order valence-corrected chi connectivity index (χ3v) is 3.88. The number of halogens is 1. The second-order valence-corrected chi connectivity index (χ2v) is 5.14. The Morgan fingerprint density at radius 3 is 3.00 bits per heavy atom. The van der Waals surface area contributed by atoms with Crippen molar-refractivity contribution < 1.29 is 14.3 Å². The first-order chi connectivity index (χ1) is 8.18. The number of rotatable bonds is 3. The molecule has 0 spiro atoms. The lowest BCUT2D eigenvalue weighted by Crippen LogP contribution is -2.46. The molecule has 1 atom stereocenters. The van der Waals surface area contributed by atoms with Crippen LogP contribution < -0.4 is 0 Å². The molecule has 0 amide bonds. The number of nitrogens with zero attached hydrogens (tertiary/aromatic N) is 1. The van der Waals surface area contributed by atoms with E-state index < -0.39 is 12.0 Å². The fraction of sp³-hybridized carbons (Fsp3) is 0.417. The van der Waals surface area contributed by atoms with Gasteiger partial charge >= 0.3 is 5.97 Å². The van der Waals surface area contributed by atoms with Crippen LogP contribution in [0.1, 0.15) is 5.56 Å². The van der Waals surface area contributed by atoms with E-state index in [4.69, 9.17) is 5.11 Å². The van der Waals surface area contributed by atoms with Crippen LogP contribution in [0.2, 0.25) is 0 Å². The highest BCUT2D eigenvalue weighted by Crippen LogP contribution is 2.20. The highest BCUT2D eigenvalue weighted by atomic mass is 32.2. The summed E-state index contributed by atoms with van der Waals surface area (Å²) in [6.07, 6.45) is 0. The van der Waals surface area contributed by atoms with Gasteiger partial charge in [0.05, 0.1) is 0 Å². The van der Waals surface area contributed by atoms with Crippen LogP contribution in [0.4, 0.5) is 4.39 Å². The molecule has 5 heteroatoms. The number of aliphatic carboxylic acids is 1. The number of carboxylic acid groups (broad SMARTS) is 1. The molecule has 1 aromatic carbocycles. The molecule has 1 saturated heterocycles. The smallest absolute Gasteiger partial charge is 0.321 e. The van der Waals surface area contributed by atoms with Crippen molar-refractivity contribution in [2.24, 2.45) is 0 Å². The first-order valence-electron chi connectivity index (χ1n) is 5.46. The van der Waals surface area contributed by atoms with Crippen LogP contribution in [0, 0.1) is 5.82 Å². The van der Waals surface area contributed by atoms with Crippen molar-refractivity contribution in [3.05, 3.63) is 35.6 Å². The minimum Gasteiger partial charge on any atom is -0.480 e. The molecule has 0 bridgehead atoms. The second-order valence-electron chi connectivity index (χ2n) is 3.99. The molecule has 1 aliphatic heterocycles. The average Bonchev–Trinajstić information content (AvgIpc) is 2.32. The summed E-state index contributed by atoms with van der Waals surface area (Å²) in [7, 11) is 0. The van der Waals surface area contributed by atoms with Gasteiger partial charge < -0.3 is 5.11 Å². The summed E-state index contributed by atoms with van der Waals surface area (Å²) in [5.41, 5.74) is 0.561. The number of hydrogen-bond donors (Lipinski definition) is 1. The van der Waals surface area contributed by atoms with Gasteiger partial charge in [-0.15, -0.1) is 0 Å². The van der Waals surface area contributed by atoms with Gasteiger partial charge in [-0.25, -0.2) is 4.39 Å². The van der Waals surface area contributed by atoms with E-state index in [9.17, 15) is 9.18 Å². The van der Waals surface area contributed by atoms with Crippen molar-refractivity contribution in [2.45, 2.75) is 12.6 Å². The van der Waals surface area contributed by atoms with Crippen molar-refractivity contribution in [1.29, 1.82) is 0 Å². The molecule has 0 aliphatic carbocycles. The minimum atomic E-state index is -0.825. The van der Waals surface area contributed by atoms with Gasteiger partial charge in [0.25, 0.3) is 0 Å². The summed E-state index contributed by atoms with van der Waals surface area (Å²) >= 11 is 1.63. The summed E-state index contributed by atoms with van der Waals surface area (Å²) in [4.78, 5) is 12.9. The van der Waals surface area contributed by atoms with Crippen molar-refractivity contribution in [3.63, 3.8) is 0 Å². The SMILES string of the molecule is O=C(O)C1CSCCN1Cc1ccccc1F. The summed E-state index contributed by atoms with van der Waals surface area (Å²) < 4.78 is 13.5. The van der Waals surface area contributed by atoms with E-state index in [2.05, 4.69) is 0 Å². The molecule has 92 valence electrons. The Labute approximate surface area is 104 Å². The molecule has 0 aromatic heterocycles. The lowest BCUT2D eigenvalue weighted by atomic mass is 10.1. The molecular weight excluding hydrogens is 241 g/mol.